The molecule has 1 aromatic carbocycles. The maximum absolute atomic E-state index is 11.7. The second kappa shape index (κ2) is 7.04. The van der Waals surface area contributed by atoms with Crippen LogP contribution in [-0.2, 0) is 4.79 Å². The molecule has 0 aliphatic heterocycles. The second-order valence-electron chi connectivity index (χ2n) is 5.64. The normalized spacial score (nSPS) is 10.8. The van der Waals surface area contributed by atoms with Gasteiger partial charge in [0.15, 0.2) is 5.52 Å². The van der Waals surface area contributed by atoms with E-state index in [4.69, 9.17) is 0 Å². The number of nitrogens with zero attached hydrogens (tertiary/aromatic N) is 2. The van der Waals surface area contributed by atoms with Crippen LogP contribution in [0.4, 0.5) is 11.4 Å². The van der Waals surface area contributed by atoms with Gasteiger partial charge in [-0.25, -0.2) is 4.98 Å². The summed E-state index contributed by atoms with van der Waals surface area (Å²) >= 11 is 0. The number of benzene rings is 1. The fraction of sp³-hybridized carbons (Fsp3) is 0.375. The summed E-state index contributed by atoms with van der Waals surface area (Å²) in [4.78, 5) is 26.6. The lowest BCUT2D eigenvalue weighted by molar-refractivity contribution is -0.383. The smallest absolute Gasteiger partial charge is 0.295 e. The van der Waals surface area contributed by atoms with Gasteiger partial charge in [-0.2, -0.15) is 0 Å². The van der Waals surface area contributed by atoms with Crippen LogP contribution in [0.5, 0.6) is 0 Å². The third-order valence-electron chi connectivity index (χ3n) is 3.26. The van der Waals surface area contributed by atoms with E-state index in [9.17, 15) is 14.9 Å². The molecular formula is C16H20N4O3. The summed E-state index contributed by atoms with van der Waals surface area (Å²) in [6.07, 6.45) is 0.329. The first-order valence-corrected chi connectivity index (χ1v) is 7.46. The summed E-state index contributed by atoms with van der Waals surface area (Å²) in [5.41, 5.74) is 1.76. The van der Waals surface area contributed by atoms with Gasteiger partial charge in [-0.15, -0.1) is 0 Å². The zero-order chi connectivity index (χ0) is 17.0. The third-order valence-corrected chi connectivity index (χ3v) is 3.26. The molecule has 0 bridgehead atoms. The molecular weight excluding hydrogens is 296 g/mol. The monoisotopic (exact) mass is 316 g/mol. The van der Waals surface area contributed by atoms with Gasteiger partial charge in [0.25, 0.3) is 5.69 Å². The number of fused-ring (bicyclic) bond motifs is 1. The molecule has 1 amide bonds. The highest BCUT2D eigenvalue weighted by Gasteiger charge is 2.15. The number of nitro groups is 1. The molecule has 0 atom stereocenters. The van der Waals surface area contributed by atoms with Crippen molar-refractivity contribution in [2.75, 3.05) is 11.9 Å². The number of hydrogen-bond acceptors (Lipinski definition) is 5. The molecule has 0 fully saturated rings. The molecule has 1 aromatic heterocycles. The van der Waals surface area contributed by atoms with Gasteiger partial charge in [-0.05, 0) is 26.8 Å². The lowest BCUT2D eigenvalue weighted by Gasteiger charge is -2.12. The summed E-state index contributed by atoms with van der Waals surface area (Å²) in [7, 11) is 0. The number of para-hydroxylation sites is 1. The Labute approximate surface area is 134 Å². The minimum absolute atomic E-state index is 0.0215. The standard InChI is InChI=1S/C16H20N4O3/c1-10(2)18-15(21)7-8-17-13-9-11(3)19-16-12(13)5-4-6-14(16)20(22)23/h4-6,9-10H,7-8H2,1-3H3,(H,17,19)(H,18,21). The van der Waals surface area contributed by atoms with Crippen LogP contribution in [0.1, 0.15) is 26.0 Å². The van der Waals surface area contributed by atoms with Gasteiger partial charge in [0.2, 0.25) is 5.91 Å². The summed E-state index contributed by atoms with van der Waals surface area (Å²) in [6, 6.07) is 6.79. The van der Waals surface area contributed by atoms with Crippen LogP contribution in [-0.4, -0.2) is 28.4 Å². The average molecular weight is 316 g/mol. The number of carbonyl (C=O) groups excluding carboxylic acids is 1. The van der Waals surface area contributed by atoms with E-state index in [0.717, 1.165) is 5.69 Å². The molecule has 0 saturated heterocycles. The molecule has 23 heavy (non-hydrogen) atoms. The predicted octanol–water partition coefficient (Wildman–Crippen LogP) is 2.78. The number of pyridine rings is 1. The Morgan fingerprint density at radius 3 is 2.78 bits per heavy atom. The van der Waals surface area contributed by atoms with Crippen LogP contribution in [0, 0.1) is 17.0 Å². The number of nitrogens with one attached hydrogen (secondary N) is 2. The number of aromatic nitrogens is 1. The Bertz CT molecular complexity index is 743. The van der Waals surface area contributed by atoms with Crippen molar-refractivity contribution in [2.45, 2.75) is 33.2 Å². The Morgan fingerprint density at radius 1 is 1.39 bits per heavy atom. The topological polar surface area (TPSA) is 97.2 Å². The van der Waals surface area contributed by atoms with Gasteiger partial charge < -0.3 is 10.6 Å². The first-order valence-electron chi connectivity index (χ1n) is 7.46. The Morgan fingerprint density at radius 2 is 2.13 bits per heavy atom. The SMILES string of the molecule is Cc1cc(NCCC(=O)NC(C)C)c2cccc([N+](=O)[O-])c2n1. The second-order valence-corrected chi connectivity index (χ2v) is 5.64. The molecule has 0 aliphatic carbocycles. The Balaban J connectivity index is 2.22. The van der Waals surface area contributed by atoms with Crippen molar-refractivity contribution < 1.29 is 9.72 Å². The first kappa shape index (κ1) is 16.7. The summed E-state index contributed by atoms with van der Waals surface area (Å²) < 4.78 is 0. The number of rotatable bonds is 6. The van der Waals surface area contributed by atoms with Crippen LogP contribution in [0.25, 0.3) is 10.9 Å². The van der Waals surface area contributed by atoms with Crippen LogP contribution < -0.4 is 10.6 Å². The van der Waals surface area contributed by atoms with Crippen molar-refractivity contribution in [1.82, 2.24) is 10.3 Å². The highest BCUT2D eigenvalue weighted by molar-refractivity contribution is 5.96. The molecule has 7 heteroatoms. The lowest BCUT2D eigenvalue weighted by Crippen LogP contribution is -2.31. The Hall–Kier alpha value is -2.70. The molecule has 0 saturated carbocycles. The number of hydrogen-bond donors (Lipinski definition) is 2. The van der Waals surface area contributed by atoms with Gasteiger partial charge >= 0.3 is 0 Å². The minimum atomic E-state index is -0.436. The van der Waals surface area contributed by atoms with Gasteiger partial charge in [0.05, 0.1) is 4.92 Å². The highest BCUT2D eigenvalue weighted by Crippen LogP contribution is 2.29. The molecule has 0 unspecified atom stereocenters. The van der Waals surface area contributed by atoms with Gasteiger partial charge in [0.1, 0.15) is 0 Å². The maximum Gasteiger partial charge on any atom is 0.295 e. The van der Waals surface area contributed by atoms with Crippen LogP contribution >= 0.6 is 0 Å². The third kappa shape index (κ3) is 4.15. The van der Waals surface area contributed by atoms with E-state index >= 15 is 0 Å². The molecule has 2 N–H and O–H groups in total. The maximum atomic E-state index is 11.7. The van der Waals surface area contributed by atoms with E-state index < -0.39 is 4.92 Å². The number of nitro benzene ring substituents is 1. The molecule has 1 heterocycles. The van der Waals surface area contributed by atoms with E-state index in [-0.39, 0.29) is 17.6 Å². The van der Waals surface area contributed by atoms with E-state index in [0.29, 0.717) is 29.6 Å². The number of non-ortho nitro benzene ring substituents is 1. The van der Waals surface area contributed by atoms with Crippen molar-refractivity contribution in [3.8, 4) is 0 Å². The van der Waals surface area contributed by atoms with Crippen molar-refractivity contribution >= 4 is 28.2 Å². The fourth-order valence-corrected chi connectivity index (χ4v) is 2.36. The van der Waals surface area contributed by atoms with Crippen LogP contribution in [0.3, 0.4) is 0 Å². The van der Waals surface area contributed by atoms with E-state index in [1.165, 1.54) is 6.07 Å². The molecule has 2 aromatic rings. The predicted molar refractivity (Wildman–Crippen MR) is 89.5 cm³/mol. The molecule has 122 valence electrons. The molecule has 0 radical (unpaired) electrons. The molecule has 0 aliphatic rings. The highest BCUT2D eigenvalue weighted by atomic mass is 16.6. The fourth-order valence-electron chi connectivity index (χ4n) is 2.36. The molecule has 7 nitrogen and oxygen atoms in total. The van der Waals surface area contributed by atoms with Crippen molar-refractivity contribution in [1.29, 1.82) is 0 Å². The van der Waals surface area contributed by atoms with Crippen molar-refractivity contribution in [3.63, 3.8) is 0 Å². The van der Waals surface area contributed by atoms with Gasteiger partial charge in [0, 0.05) is 41.8 Å². The molecule has 2 rings (SSSR count). The lowest BCUT2D eigenvalue weighted by atomic mass is 10.1. The first-order chi connectivity index (χ1) is 10.9. The van der Waals surface area contributed by atoms with E-state index in [1.54, 1.807) is 19.1 Å². The van der Waals surface area contributed by atoms with Crippen LogP contribution in [0.2, 0.25) is 0 Å². The zero-order valence-corrected chi connectivity index (χ0v) is 13.4. The Kier molecular flexibility index (Phi) is 5.10. The summed E-state index contributed by atoms with van der Waals surface area (Å²) in [5.74, 6) is -0.0337. The summed E-state index contributed by atoms with van der Waals surface area (Å²) in [5, 5.41) is 17.8. The minimum Gasteiger partial charge on any atom is -0.384 e. The quantitative estimate of drug-likeness (QED) is 0.631. The van der Waals surface area contributed by atoms with Crippen molar-refractivity contribution in [3.05, 3.63) is 40.1 Å². The number of amides is 1. The average Bonchev–Trinajstić information content (AvgIpc) is 2.45. The number of carbonyl (C=O) groups is 1. The zero-order valence-electron chi connectivity index (χ0n) is 13.4. The van der Waals surface area contributed by atoms with Crippen LogP contribution in [0.15, 0.2) is 24.3 Å². The van der Waals surface area contributed by atoms with E-state index in [2.05, 4.69) is 15.6 Å². The van der Waals surface area contributed by atoms with Gasteiger partial charge in [-0.3, -0.25) is 14.9 Å². The number of anilines is 1. The largest absolute Gasteiger partial charge is 0.384 e. The van der Waals surface area contributed by atoms with E-state index in [1.807, 2.05) is 19.9 Å². The molecule has 0 spiro atoms. The van der Waals surface area contributed by atoms with Gasteiger partial charge in [-0.1, -0.05) is 12.1 Å². The number of aryl methyl sites for hydroxylation is 1. The van der Waals surface area contributed by atoms with Crippen molar-refractivity contribution in [2.24, 2.45) is 0 Å². The summed E-state index contributed by atoms with van der Waals surface area (Å²) in [6.45, 7) is 6.04.